The van der Waals surface area contributed by atoms with E-state index in [2.05, 4.69) is 5.32 Å². The summed E-state index contributed by atoms with van der Waals surface area (Å²) in [7, 11) is 0. The van der Waals surface area contributed by atoms with Gasteiger partial charge in [0.15, 0.2) is 0 Å². The second kappa shape index (κ2) is 6.66. The fraction of sp³-hybridized carbons (Fsp3) is 0.533. The lowest BCUT2D eigenvalue weighted by Gasteiger charge is -2.21. The van der Waals surface area contributed by atoms with Crippen LogP contribution in [0.5, 0.6) is 0 Å². The Morgan fingerprint density at radius 3 is 2.58 bits per heavy atom. The van der Waals surface area contributed by atoms with Crippen molar-refractivity contribution < 1.29 is 13.9 Å². The Morgan fingerprint density at radius 1 is 1.37 bits per heavy atom. The van der Waals surface area contributed by atoms with E-state index in [-0.39, 0.29) is 17.9 Å². The Balaban J connectivity index is 2.34. The van der Waals surface area contributed by atoms with Crippen LogP contribution in [0.1, 0.15) is 33.3 Å². The molecule has 106 valence electrons. The second-order valence-corrected chi connectivity index (χ2v) is 5.69. The van der Waals surface area contributed by atoms with Crippen molar-refractivity contribution in [2.75, 3.05) is 6.54 Å². The summed E-state index contributed by atoms with van der Waals surface area (Å²) in [5.41, 5.74) is 0.108. The Labute approximate surface area is 114 Å². The quantitative estimate of drug-likeness (QED) is 0.834. The number of esters is 1. The minimum Gasteiger partial charge on any atom is -0.461 e. The zero-order valence-corrected chi connectivity index (χ0v) is 12.0. The third-order valence-electron chi connectivity index (χ3n) is 2.63. The number of nitrogens with one attached hydrogen (secondary N) is 1. The Kier molecular flexibility index (Phi) is 5.48. The van der Waals surface area contributed by atoms with Crippen molar-refractivity contribution in [1.82, 2.24) is 5.32 Å². The molecule has 1 aromatic carbocycles. The van der Waals surface area contributed by atoms with Crippen LogP contribution in [0.15, 0.2) is 24.3 Å². The largest absolute Gasteiger partial charge is 0.461 e. The van der Waals surface area contributed by atoms with Gasteiger partial charge < -0.3 is 10.1 Å². The first kappa shape index (κ1) is 15.6. The Morgan fingerprint density at radius 2 is 2.00 bits per heavy atom. The number of hydrogen-bond donors (Lipinski definition) is 1. The molecule has 0 saturated carbocycles. The summed E-state index contributed by atoms with van der Waals surface area (Å²) in [6, 6.07) is 6.62. The van der Waals surface area contributed by atoms with E-state index in [1.807, 2.05) is 27.7 Å². The first-order valence-electron chi connectivity index (χ1n) is 6.46. The summed E-state index contributed by atoms with van der Waals surface area (Å²) < 4.78 is 18.6. The topological polar surface area (TPSA) is 38.3 Å². The lowest BCUT2D eigenvalue weighted by atomic mass is 9.97. The average Bonchev–Trinajstić information content (AvgIpc) is 2.30. The molecule has 1 atom stereocenters. The predicted octanol–water partition coefficient (Wildman–Crippen LogP) is 2.89. The normalized spacial score (nSPS) is 13.1. The van der Waals surface area contributed by atoms with Crippen LogP contribution in [0.3, 0.4) is 0 Å². The summed E-state index contributed by atoms with van der Waals surface area (Å²) >= 11 is 0. The molecule has 1 rings (SSSR count). The van der Waals surface area contributed by atoms with E-state index in [9.17, 15) is 9.18 Å². The number of rotatable bonds is 5. The van der Waals surface area contributed by atoms with Crippen LogP contribution in [-0.2, 0) is 16.1 Å². The third kappa shape index (κ3) is 5.39. The van der Waals surface area contributed by atoms with Gasteiger partial charge in [0.1, 0.15) is 11.9 Å². The molecule has 0 saturated heterocycles. The van der Waals surface area contributed by atoms with Crippen LogP contribution in [0.2, 0.25) is 0 Å². The first-order valence-corrected chi connectivity index (χ1v) is 6.46. The molecular formula is C15H22FNO2. The summed E-state index contributed by atoms with van der Waals surface area (Å²) in [6.07, 6.45) is -0.238. The van der Waals surface area contributed by atoms with E-state index in [1.165, 1.54) is 6.07 Å². The van der Waals surface area contributed by atoms with Crippen molar-refractivity contribution in [2.45, 2.75) is 40.3 Å². The van der Waals surface area contributed by atoms with Crippen LogP contribution in [0.4, 0.5) is 4.39 Å². The van der Waals surface area contributed by atoms with E-state index in [4.69, 9.17) is 4.74 Å². The van der Waals surface area contributed by atoms with Gasteiger partial charge in [-0.15, -0.1) is 0 Å². The van der Waals surface area contributed by atoms with Gasteiger partial charge in [0.25, 0.3) is 0 Å². The van der Waals surface area contributed by atoms with Crippen molar-refractivity contribution in [3.63, 3.8) is 0 Å². The standard InChI is InChI=1S/C15H22FNO2/c1-11(19-14(18)15(2,3)4)9-17-10-12-7-5-6-8-13(12)16/h5-8,11,17H,9-10H2,1-4H3. The van der Waals surface area contributed by atoms with Crippen LogP contribution in [-0.4, -0.2) is 18.6 Å². The van der Waals surface area contributed by atoms with E-state index in [0.717, 1.165) is 0 Å². The molecule has 0 heterocycles. The molecule has 1 N–H and O–H groups in total. The molecule has 1 unspecified atom stereocenters. The number of halogens is 1. The van der Waals surface area contributed by atoms with Crippen molar-refractivity contribution in [2.24, 2.45) is 5.41 Å². The van der Waals surface area contributed by atoms with Crippen LogP contribution < -0.4 is 5.32 Å². The van der Waals surface area contributed by atoms with Gasteiger partial charge in [0.2, 0.25) is 0 Å². The van der Waals surface area contributed by atoms with Gasteiger partial charge in [0, 0.05) is 18.7 Å². The van der Waals surface area contributed by atoms with Gasteiger partial charge >= 0.3 is 5.97 Å². The molecule has 0 radical (unpaired) electrons. The molecule has 0 aliphatic heterocycles. The average molecular weight is 267 g/mol. The number of ether oxygens (including phenoxy) is 1. The molecule has 0 amide bonds. The SMILES string of the molecule is CC(CNCc1ccccc1F)OC(=O)C(C)(C)C. The summed E-state index contributed by atoms with van der Waals surface area (Å²) in [5, 5.41) is 3.08. The zero-order chi connectivity index (χ0) is 14.5. The fourth-order valence-corrected chi connectivity index (χ4v) is 1.45. The number of carbonyl (C=O) groups excluding carboxylic acids is 1. The lowest BCUT2D eigenvalue weighted by molar-refractivity contribution is -0.157. The highest BCUT2D eigenvalue weighted by molar-refractivity contribution is 5.75. The van der Waals surface area contributed by atoms with E-state index < -0.39 is 5.41 Å². The monoisotopic (exact) mass is 267 g/mol. The van der Waals surface area contributed by atoms with Crippen molar-refractivity contribution in [1.29, 1.82) is 0 Å². The molecule has 19 heavy (non-hydrogen) atoms. The summed E-state index contributed by atoms with van der Waals surface area (Å²) in [6.45, 7) is 8.18. The van der Waals surface area contributed by atoms with Gasteiger partial charge in [0.05, 0.1) is 5.41 Å². The number of hydrogen-bond acceptors (Lipinski definition) is 3. The van der Waals surface area contributed by atoms with Gasteiger partial charge in [-0.05, 0) is 33.8 Å². The number of carbonyl (C=O) groups is 1. The molecule has 4 heteroatoms. The number of benzene rings is 1. The summed E-state index contributed by atoms with van der Waals surface area (Å²) in [5.74, 6) is -0.456. The molecule has 0 spiro atoms. The third-order valence-corrected chi connectivity index (χ3v) is 2.63. The molecular weight excluding hydrogens is 245 g/mol. The molecule has 0 aromatic heterocycles. The Bertz CT molecular complexity index is 426. The smallest absolute Gasteiger partial charge is 0.311 e. The van der Waals surface area contributed by atoms with Crippen LogP contribution in [0.25, 0.3) is 0 Å². The first-order chi connectivity index (χ1) is 8.80. The van der Waals surface area contributed by atoms with Crippen LogP contribution >= 0.6 is 0 Å². The minimum atomic E-state index is -0.500. The summed E-state index contributed by atoms with van der Waals surface area (Å²) in [4.78, 5) is 11.7. The van der Waals surface area contributed by atoms with E-state index in [1.54, 1.807) is 18.2 Å². The predicted molar refractivity (Wildman–Crippen MR) is 73.1 cm³/mol. The van der Waals surface area contributed by atoms with Gasteiger partial charge in [-0.25, -0.2) is 4.39 Å². The Hall–Kier alpha value is -1.42. The second-order valence-electron chi connectivity index (χ2n) is 5.69. The fourth-order valence-electron chi connectivity index (χ4n) is 1.45. The van der Waals surface area contributed by atoms with E-state index in [0.29, 0.717) is 18.7 Å². The van der Waals surface area contributed by atoms with Gasteiger partial charge in [-0.3, -0.25) is 4.79 Å². The maximum absolute atomic E-state index is 13.4. The highest BCUT2D eigenvalue weighted by atomic mass is 19.1. The highest BCUT2D eigenvalue weighted by Gasteiger charge is 2.24. The van der Waals surface area contributed by atoms with Crippen molar-refractivity contribution >= 4 is 5.97 Å². The highest BCUT2D eigenvalue weighted by Crippen LogP contribution is 2.16. The molecule has 3 nitrogen and oxygen atoms in total. The van der Waals surface area contributed by atoms with Gasteiger partial charge in [-0.2, -0.15) is 0 Å². The molecule has 0 fully saturated rings. The van der Waals surface area contributed by atoms with Gasteiger partial charge in [-0.1, -0.05) is 18.2 Å². The van der Waals surface area contributed by atoms with Crippen molar-refractivity contribution in [3.05, 3.63) is 35.6 Å². The maximum atomic E-state index is 13.4. The molecule has 1 aromatic rings. The lowest BCUT2D eigenvalue weighted by Crippen LogP contribution is -2.33. The molecule has 0 aliphatic carbocycles. The van der Waals surface area contributed by atoms with Crippen molar-refractivity contribution in [3.8, 4) is 0 Å². The minimum absolute atomic E-state index is 0.227. The maximum Gasteiger partial charge on any atom is 0.311 e. The van der Waals surface area contributed by atoms with E-state index >= 15 is 0 Å². The molecule has 0 bridgehead atoms. The zero-order valence-electron chi connectivity index (χ0n) is 12.0. The van der Waals surface area contributed by atoms with Crippen LogP contribution in [0, 0.1) is 11.2 Å². The molecule has 0 aliphatic rings.